The fourth-order valence-electron chi connectivity index (χ4n) is 6.92. The predicted octanol–water partition coefficient (Wildman–Crippen LogP) is 5.93. The van der Waals surface area contributed by atoms with Gasteiger partial charge in [-0.05, 0) is 80.5 Å². The number of carbonyl (C=O) groups is 1. The molecule has 0 aromatic rings. The smallest absolute Gasteiger partial charge is 0.156 e. The maximum Gasteiger partial charge on any atom is 0.156 e. The van der Waals surface area contributed by atoms with Gasteiger partial charge in [-0.3, -0.25) is 4.79 Å². The van der Waals surface area contributed by atoms with E-state index in [9.17, 15) is 4.79 Å². The Balaban J connectivity index is 1.63. The van der Waals surface area contributed by atoms with Crippen molar-refractivity contribution in [3.63, 3.8) is 0 Å². The van der Waals surface area contributed by atoms with Gasteiger partial charge in [0.1, 0.15) is 0 Å². The van der Waals surface area contributed by atoms with Crippen LogP contribution in [0.15, 0.2) is 24.3 Å². The van der Waals surface area contributed by atoms with Crippen LogP contribution in [-0.4, -0.2) is 11.2 Å². The van der Waals surface area contributed by atoms with Crippen LogP contribution in [0.1, 0.15) is 65.2 Å². The summed E-state index contributed by atoms with van der Waals surface area (Å²) in [6, 6.07) is 0. The lowest BCUT2D eigenvalue weighted by Gasteiger charge is -2.57. The molecule has 0 amide bonds. The van der Waals surface area contributed by atoms with Gasteiger partial charge in [-0.15, -0.1) is 18.2 Å². The van der Waals surface area contributed by atoms with Crippen LogP contribution in [0.5, 0.6) is 0 Å². The van der Waals surface area contributed by atoms with Crippen LogP contribution in [-0.2, 0) is 4.79 Å². The summed E-state index contributed by atoms with van der Waals surface area (Å²) < 4.78 is 0. The lowest BCUT2D eigenvalue weighted by atomic mass is 9.47. The van der Waals surface area contributed by atoms with Crippen LogP contribution < -0.4 is 0 Å². The highest BCUT2D eigenvalue weighted by atomic mass is 35.5. The minimum absolute atomic E-state index is 0.144. The molecule has 3 fully saturated rings. The fraction of sp³-hybridized carbons (Fsp3) is 0.773. The van der Waals surface area contributed by atoms with Crippen molar-refractivity contribution in [1.82, 2.24) is 0 Å². The molecule has 0 bridgehead atoms. The zero-order valence-corrected chi connectivity index (χ0v) is 15.9. The second-order valence-electron chi connectivity index (χ2n) is 9.42. The molecule has 4 aliphatic carbocycles. The molecule has 0 heterocycles. The number of ketones is 1. The van der Waals surface area contributed by atoms with Crippen molar-refractivity contribution in [3.05, 3.63) is 24.3 Å². The van der Waals surface area contributed by atoms with Gasteiger partial charge in [0.05, 0.1) is 5.38 Å². The van der Waals surface area contributed by atoms with E-state index in [4.69, 9.17) is 11.6 Å². The molecule has 2 unspecified atom stereocenters. The fourth-order valence-corrected chi connectivity index (χ4v) is 7.36. The molecule has 0 aromatic carbocycles. The highest BCUT2D eigenvalue weighted by Gasteiger charge is 2.60. The Morgan fingerprint density at radius 3 is 2.75 bits per heavy atom. The molecule has 7 atom stereocenters. The summed E-state index contributed by atoms with van der Waals surface area (Å²) in [7, 11) is 0. The highest BCUT2D eigenvalue weighted by molar-refractivity contribution is 6.32. The van der Waals surface area contributed by atoms with Crippen molar-refractivity contribution in [2.75, 3.05) is 0 Å². The quantitative estimate of drug-likeness (QED) is 0.447. The third-order valence-corrected chi connectivity index (χ3v) is 8.78. The molecule has 4 aliphatic rings. The Morgan fingerprint density at radius 1 is 1.25 bits per heavy atom. The Hall–Kier alpha value is -0.560. The summed E-state index contributed by atoms with van der Waals surface area (Å²) in [5.74, 6) is 3.07. The molecule has 3 saturated carbocycles. The number of hydrogen-bond acceptors (Lipinski definition) is 1. The van der Waals surface area contributed by atoms with Crippen molar-refractivity contribution >= 4 is 17.4 Å². The van der Waals surface area contributed by atoms with Gasteiger partial charge >= 0.3 is 0 Å². The van der Waals surface area contributed by atoms with Gasteiger partial charge in [0.2, 0.25) is 0 Å². The molecule has 24 heavy (non-hydrogen) atoms. The van der Waals surface area contributed by atoms with Crippen LogP contribution in [0.3, 0.4) is 0 Å². The zero-order chi connectivity index (χ0) is 17.1. The number of allylic oxidation sites excluding steroid dienone is 3. The SMILES string of the molecule is C=CCC1CC[C@@]2(C)C(=CC[C@@H]3[C@H]2CC[C@]2(C)C(=O)C(Cl)C[C@@H]32)C1. The van der Waals surface area contributed by atoms with Crippen molar-refractivity contribution in [3.8, 4) is 0 Å². The third-order valence-electron chi connectivity index (χ3n) is 8.40. The monoisotopic (exact) mass is 346 g/mol. The maximum atomic E-state index is 12.7. The molecule has 0 N–H and O–H groups in total. The van der Waals surface area contributed by atoms with Crippen LogP contribution in [0.2, 0.25) is 0 Å². The average Bonchev–Trinajstić information content (AvgIpc) is 2.79. The standard InChI is InChI=1S/C22H31ClO/c1-4-5-14-8-10-21(2)15(12-14)6-7-16-17(21)9-11-22(3)18(16)13-19(23)20(22)24/h4,6,14,16-19H,1,5,7-13H2,2-3H3/t14?,16-,17-,18+,19?,21+,22+/m1/s1. The number of hydrogen-bond donors (Lipinski definition) is 0. The first-order chi connectivity index (χ1) is 11.4. The maximum absolute atomic E-state index is 12.7. The first kappa shape index (κ1) is 16.9. The van der Waals surface area contributed by atoms with Gasteiger partial charge in [0.25, 0.3) is 0 Å². The molecule has 0 radical (unpaired) electrons. The summed E-state index contributed by atoms with van der Waals surface area (Å²) in [5.41, 5.74) is 1.95. The Kier molecular flexibility index (Phi) is 4.03. The van der Waals surface area contributed by atoms with E-state index in [2.05, 4.69) is 32.6 Å². The van der Waals surface area contributed by atoms with E-state index < -0.39 is 0 Å². The van der Waals surface area contributed by atoms with Gasteiger partial charge in [-0.2, -0.15) is 0 Å². The molecular formula is C22H31ClO. The molecule has 2 heteroatoms. The number of rotatable bonds is 2. The molecule has 0 aromatic heterocycles. The largest absolute Gasteiger partial charge is 0.297 e. The van der Waals surface area contributed by atoms with Crippen LogP contribution >= 0.6 is 11.6 Å². The first-order valence-electron chi connectivity index (χ1n) is 9.89. The van der Waals surface area contributed by atoms with Crippen molar-refractivity contribution in [2.24, 2.45) is 34.5 Å². The number of alkyl halides is 1. The summed E-state index contributed by atoms with van der Waals surface area (Å²) in [6.07, 6.45) is 14.1. The first-order valence-corrected chi connectivity index (χ1v) is 10.3. The van der Waals surface area contributed by atoms with E-state index in [1.165, 1.54) is 32.1 Å². The number of halogens is 1. The molecule has 0 saturated heterocycles. The van der Waals surface area contributed by atoms with Gasteiger partial charge in [-0.1, -0.05) is 31.6 Å². The van der Waals surface area contributed by atoms with Crippen molar-refractivity contribution in [2.45, 2.75) is 70.6 Å². The molecule has 1 nitrogen and oxygen atoms in total. The van der Waals surface area contributed by atoms with E-state index in [-0.39, 0.29) is 10.8 Å². The van der Waals surface area contributed by atoms with E-state index in [0.29, 0.717) is 23.0 Å². The highest BCUT2D eigenvalue weighted by Crippen LogP contribution is 2.64. The lowest BCUT2D eigenvalue weighted by molar-refractivity contribution is -0.131. The Morgan fingerprint density at radius 2 is 2.00 bits per heavy atom. The molecule has 0 aliphatic heterocycles. The number of Topliss-reactive ketones (excluding diaryl/α,β-unsaturated/α-hetero) is 1. The van der Waals surface area contributed by atoms with Crippen molar-refractivity contribution < 1.29 is 4.79 Å². The lowest BCUT2D eigenvalue weighted by Crippen LogP contribution is -2.50. The van der Waals surface area contributed by atoms with Crippen LogP contribution in [0, 0.1) is 34.5 Å². The molecule has 0 spiro atoms. The molecule has 4 rings (SSSR count). The van der Waals surface area contributed by atoms with Crippen LogP contribution in [0.4, 0.5) is 0 Å². The normalized spacial score (nSPS) is 50.5. The van der Waals surface area contributed by atoms with Gasteiger partial charge in [-0.25, -0.2) is 0 Å². The van der Waals surface area contributed by atoms with Crippen molar-refractivity contribution in [1.29, 1.82) is 0 Å². The van der Waals surface area contributed by atoms with Crippen LogP contribution in [0.25, 0.3) is 0 Å². The predicted molar refractivity (Wildman–Crippen MR) is 100 cm³/mol. The van der Waals surface area contributed by atoms with E-state index in [0.717, 1.165) is 31.1 Å². The Bertz CT molecular complexity index is 593. The van der Waals surface area contributed by atoms with E-state index in [1.807, 2.05) is 0 Å². The summed E-state index contributed by atoms with van der Waals surface area (Å²) in [6.45, 7) is 8.67. The van der Waals surface area contributed by atoms with E-state index in [1.54, 1.807) is 5.57 Å². The molecule has 132 valence electrons. The third kappa shape index (κ3) is 2.23. The van der Waals surface area contributed by atoms with E-state index >= 15 is 0 Å². The number of carbonyl (C=O) groups excluding carboxylic acids is 1. The molecular weight excluding hydrogens is 316 g/mol. The minimum atomic E-state index is -0.236. The summed E-state index contributed by atoms with van der Waals surface area (Å²) in [5, 5.41) is -0.236. The van der Waals surface area contributed by atoms with Gasteiger partial charge < -0.3 is 0 Å². The summed E-state index contributed by atoms with van der Waals surface area (Å²) >= 11 is 6.41. The number of fused-ring (bicyclic) bond motifs is 5. The topological polar surface area (TPSA) is 17.1 Å². The Labute approximate surface area is 151 Å². The zero-order valence-electron chi connectivity index (χ0n) is 15.2. The average molecular weight is 347 g/mol. The second kappa shape index (κ2) is 5.73. The summed E-state index contributed by atoms with van der Waals surface area (Å²) in [4.78, 5) is 12.7. The van der Waals surface area contributed by atoms with Gasteiger partial charge in [0.15, 0.2) is 5.78 Å². The second-order valence-corrected chi connectivity index (χ2v) is 9.94. The van der Waals surface area contributed by atoms with Gasteiger partial charge in [0, 0.05) is 5.41 Å². The minimum Gasteiger partial charge on any atom is -0.297 e.